The maximum absolute atomic E-state index is 11.4. The molecule has 0 saturated carbocycles. The number of carbonyl (C=O) groups is 1. The molecule has 0 aromatic carbocycles. The van der Waals surface area contributed by atoms with E-state index < -0.39 is 0 Å². The Bertz CT molecular complexity index is 226. The van der Waals surface area contributed by atoms with E-state index in [-0.39, 0.29) is 5.91 Å². The molecule has 1 rings (SSSR count). The van der Waals surface area contributed by atoms with E-state index in [1.807, 2.05) is 4.90 Å². The minimum absolute atomic E-state index is 0.153. The Balaban J connectivity index is 2.38. The summed E-state index contributed by atoms with van der Waals surface area (Å²) in [6.45, 7) is 2.62. The third-order valence-corrected chi connectivity index (χ3v) is 2.34. The minimum Gasteiger partial charge on any atom is -0.380 e. The third-order valence-electron chi connectivity index (χ3n) is 2.34. The molecule has 1 aliphatic rings. The molecule has 0 aromatic heterocycles. The van der Waals surface area contributed by atoms with Crippen LogP contribution in [0.4, 0.5) is 0 Å². The molecule has 14 heavy (non-hydrogen) atoms. The second kappa shape index (κ2) is 5.78. The van der Waals surface area contributed by atoms with Crippen LogP contribution in [0.3, 0.4) is 0 Å². The van der Waals surface area contributed by atoms with Gasteiger partial charge in [0.05, 0.1) is 6.61 Å². The van der Waals surface area contributed by atoms with Crippen LogP contribution in [0.15, 0.2) is 11.6 Å². The number of rotatable bonds is 4. The lowest BCUT2D eigenvalue weighted by atomic mass is 10.1. The first-order valence-corrected chi connectivity index (χ1v) is 4.92. The number of hydrogen-bond donors (Lipinski definition) is 1. The molecule has 1 heterocycles. The predicted molar refractivity (Wildman–Crippen MR) is 54.8 cm³/mol. The topological polar surface area (TPSA) is 55.6 Å². The highest BCUT2D eigenvalue weighted by Crippen LogP contribution is 2.11. The second-order valence-electron chi connectivity index (χ2n) is 3.42. The van der Waals surface area contributed by atoms with E-state index in [4.69, 9.17) is 10.5 Å². The molecular weight excluding hydrogens is 180 g/mol. The van der Waals surface area contributed by atoms with Crippen molar-refractivity contribution in [3.05, 3.63) is 11.6 Å². The Morgan fingerprint density at radius 2 is 2.50 bits per heavy atom. The average Bonchev–Trinajstić information content (AvgIpc) is 2.20. The Labute approximate surface area is 84.7 Å². The van der Waals surface area contributed by atoms with Crippen LogP contribution in [-0.4, -0.2) is 44.2 Å². The smallest absolute Gasteiger partial charge is 0.224 e. The zero-order chi connectivity index (χ0) is 10.4. The fourth-order valence-corrected chi connectivity index (χ4v) is 1.54. The molecule has 0 spiro atoms. The van der Waals surface area contributed by atoms with Crippen LogP contribution in [0.1, 0.15) is 12.8 Å². The molecule has 0 radical (unpaired) electrons. The molecule has 0 unspecified atom stereocenters. The van der Waals surface area contributed by atoms with Gasteiger partial charge in [0.15, 0.2) is 0 Å². The molecule has 0 aromatic rings. The van der Waals surface area contributed by atoms with Crippen molar-refractivity contribution >= 4 is 5.91 Å². The SMILES string of the molecule is COCC1=CCN(C(=O)CCN)CC1. The Kier molecular flexibility index (Phi) is 4.62. The van der Waals surface area contributed by atoms with Crippen molar-refractivity contribution in [3.8, 4) is 0 Å². The maximum atomic E-state index is 11.4. The summed E-state index contributed by atoms with van der Waals surface area (Å²) in [4.78, 5) is 13.3. The van der Waals surface area contributed by atoms with Crippen LogP contribution < -0.4 is 5.73 Å². The summed E-state index contributed by atoms with van der Waals surface area (Å²) in [6, 6.07) is 0. The van der Waals surface area contributed by atoms with Crippen LogP contribution in [0.5, 0.6) is 0 Å². The summed E-state index contributed by atoms with van der Waals surface area (Å²) >= 11 is 0. The number of carbonyl (C=O) groups excluding carboxylic acids is 1. The molecule has 0 bridgehead atoms. The first-order chi connectivity index (χ1) is 6.77. The van der Waals surface area contributed by atoms with Crippen LogP contribution in [0.25, 0.3) is 0 Å². The summed E-state index contributed by atoms with van der Waals surface area (Å²) in [5.41, 5.74) is 6.61. The van der Waals surface area contributed by atoms with Gasteiger partial charge in [0.1, 0.15) is 0 Å². The molecule has 80 valence electrons. The monoisotopic (exact) mass is 198 g/mol. The Morgan fingerprint density at radius 3 is 3.00 bits per heavy atom. The van der Waals surface area contributed by atoms with Crippen molar-refractivity contribution in [2.75, 3.05) is 33.4 Å². The normalized spacial score (nSPS) is 16.7. The quantitative estimate of drug-likeness (QED) is 0.654. The maximum Gasteiger partial charge on any atom is 0.224 e. The first kappa shape index (κ1) is 11.2. The number of ether oxygens (including phenoxy) is 1. The lowest BCUT2D eigenvalue weighted by molar-refractivity contribution is -0.130. The molecule has 0 saturated heterocycles. The van der Waals surface area contributed by atoms with Gasteiger partial charge in [0.2, 0.25) is 5.91 Å². The van der Waals surface area contributed by atoms with Crippen molar-refractivity contribution in [1.82, 2.24) is 4.90 Å². The largest absolute Gasteiger partial charge is 0.380 e. The summed E-state index contributed by atoms with van der Waals surface area (Å²) in [6.07, 6.45) is 3.44. The van der Waals surface area contributed by atoms with E-state index in [0.717, 1.165) is 13.0 Å². The molecule has 1 aliphatic heterocycles. The van der Waals surface area contributed by atoms with Crippen molar-refractivity contribution < 1.29 is 9.53 Å². The van der Waals surface area contributed by atoms with Crippen LogP contribution in [0.2, 0.25) is 0 Å². The predicted octanol–water partition coefficient (Wildman–Crippen LogP) is 0.140. The highest BCUT2D eigenvalue weighted by atomic mass is 16.5. The highest BCUT2D eigenvalue weighted by Gasteiger charge is 2.15. The van der Waals surface area contributed by atoms with E-state index in [2.05, 4.69) is 6.08 Å². The average molecular weight is 198 g/mol. The second-order valence-corrected chi connectivity index (χ2v) is 3.42. The van der Waals surface area contributed by atoms with Gasteiger partial charge in [-0.3, -0.25) is 4.79 Å². The number of methoxy groups -OCH3 is 1. The fraction of sp³-hybridized carbons (Fsp3) is 0.700. The van der Waals surface area contributed by atoms with Gasteiger partial charge in [-0.05, 0) is 12.0 Å². The van der Waals surface area contributed by atoms with Gasteiger partial charge in [-0.2, -0.15) is 0 Å². The van der Waals surface area contributed by atoms with Crippen molar-refractivity contribution in [2.45, 2.75) is 12.8 Å². The molecule has 4 heteroatoms. The van der Waals surface area contributed by atoms with Gasteiger partial charge in [-0.25, -0.2) is 0 Å². The van der Waals surface area contributed by atoms with E-state index in [9.17, 15) is 4.79 Å². The van der Waals surface area contributed by atoms with E-state index in [1.165, 1.54) is 5.57 Å². The highest BCUT2D eigenvalue weighted by molar-refractivity contribution is 5.76. The molecule has 1 amide bonds. The van der Waals surface area contributed by atoms with Gasteiger partial charge in [0.25, 0.3) is 0 Å². The standard InChI is InChI=1S/C10H18N2O2/c1-14-8-9-3-6-12(7-4-9)10(13)2-5-11/h3H,2,4-8,11H2,1H3. The summed E-state index contributed by atoms with van der Waals surface area (Å²) in [7, 11) is 1.69. The van der Waals surface area contributed by atoms with Gasteiger partial charge in [0, 0.05) is 33.2 Å². The number of amides is 1. The lowest BCUT2D eigenvalue weighted by Gasteiger charge is -2.26. The number of nitrogens with zero attached hydrogens (tertiary/aromatic N) is 1. The third kappa shape index (κ3) is 3.12. The zero-order valence-electron chi connectivity index (χ0n) is 8.66. The van der Waals surface area contributed by atoms with Crippen molar-refractivity contribution in [2.24, 2.45) is 5.73 Å². The van der Waals surface area contributed by atoms with E-state index in [0.29, 0.717) is 26.1 Å². The van der Waals surface area contributed by atoms with Gasteiger partial charge in [-0.1, -0.05) is 6.08 Å². The van der Waals surface area contributed by atoms with Gasteiger partial charge in [-0.15, -0.1) is 0 Å². The minimum atomic E-state index is 0.153. The molecule has 4 nitrogen and oxygen atoms in total. The summed E-state index contributed by atoms with van der Waals surface area (Å²) in [5, 5.41) is 0. The van der Waals surface area contributed by atoms with E-state index >= 15 is 0 Å². The van der Waals surface area contributed by atoms with Crippen LogP contribution in [-0.2, 0) is 9.53 Å². The number of nitrogens with two attached hydrogens (primary N) is 1. The van der Waals surface area contributed by atoms with Crippen LogP contribution >= 0.6 is 0 Å². The van der Waals surface area contributed by atoms with E-state index in [1.54, 1.807) is 7.11 Å². The van der Waals surface area contributed by atoms with Gasteiger partial charge < -0.3 is 15.4 Å². The summed E-state index contributed by atoms with van der Waals surface area (Å²) in [5.74, 6) is 0.153. The molecule has 0 atom stereocenters. The molecular formula is C10H18N2O2. The first-order valence-electron chi connectivity index (χ1n) is 4.92. The zero-order valence-corrected chi connectivity index (χ0v) is 8.66. The Hall–Kier alpha value is -0.870. The molecule has 0 aliphatic carbocycles. The summed E-state index contributed by atoms with van der Waals surface area (Å²) < 4.78 is 5.03. The Morgan fingerprint density at radius 1 is 1.71 bits per heavy atom. The van der Waals surface area contributed by atoms with Gasteiger partial charge >= 0.3 is 0 Å². The molecule has 0 fully saturated rings. The fourth-order valence-electron chi connectivity index (χ4n) is 1.54. The van der Waals surface area contributed by atoms with Crippen LogP contribution in [0, 0.1) is 0 Å². The molecule has 2 N–H and O–H groups in total. The lowest BCUT2D eigenvalue weighted by Crippen LogP contribution is -2.36. The van der Waals surface area contributed by atoms with Crippen molar-refractivity contribution in [3.63, 3.8) is 0 Å². The number of hydrogen-bond acceptors (Lipinski definition) is 3. The van der Waals surface area contributed by atoms with Crippen molar-refractivity contribution in [1.29, 1.82) is 0 Å².